The fourth-order valence-electron chi connectivity index (χ4n) is 1.64. The Hall–Kier alpha value is -2.02. The molecule has 114 valence electrons. The second kappa shape index (κ2) is 7.68. The second-order valence-corrected chi connectivity index (χ2v) is 4.81. The van der Waals surface area contributed by atoms with Crippen molar-refractivity contribution in [3.63, 3.8) is 0 Å². The smallest absolute Gasteiger partial charge is 0.334 e. The predicted octanol–water partition coefficient (Wildman–Crippen LogP) is 2.50. The molecule has 0 aliphatic rings. The Labute approximate surface area is 130 Å². The van der Waals surface area contributed by atoms with Crippen LogP contribution in [0.2, 0.25) is 0 Å². The van der Waals surface area contributed by atoms with E-state index < -0.39 is 18.4 Å². The lowest BCUT2D eigenvalue weighted by atomic mass is 10.1. The van der Waals surface area contributed by atoms with Crippen LogP contribution in [0, 0.1) is 0 Å². The van der Waals surface area contributed by atoms with Crippen LogP contribution in [0.4, 0.5) is 0 Å². The summed E-state index contributed by atoms with van der Waals surface area (Å²) < 4.78 is 15.5. The van der Waals surface area contributed by atoms with Crippen LogP contribution >= 0.6 is 15.9 Å². The molecule has 0 bridgehead atoms. The number of carbonyl (C=O) groups is 2. The predicted molar refractivity (Wildman–Crippen MR) is 79.5 cm³/mol. The van der Waals surface area contributed by atoms with Crippen molar-refractivity contribution in [2.45, 2.75) is 6.42 Å². The van der Waals surface area contributed by atoms with Crippen LogP contribution in [0.15, 0.2) is 22.2 Å². The number of halogens is 1. The number of aliphatic carboxylic acids is 1. The number of carboxylic acids is 1. The molecule has 21 heavy (non-hydrogen) atoms. The van der Waals surface area contributed by atoms with Crippen LogP contribution < -0.4 is 9.47 Å². The molecule has 0 saturated heterocycles. The van der Waals surface area contributed by atoms with Gasteiger partial charge >= 0.3 is 11.9 Å². The Morgan fingerprint density at radius 1 is 1.19 bits per heavy atom. The molecule has 0 radical (unpaired) electrons. The first-order valence-electron chi connectivity index (χ1n) is 5.85. The molecule has 0 heterocycles. The lowest BCUT2D eigenvalue weighted by Gasteiger charge is -2.11. The van der Waals surface area contributed by atoms with Gasteiger partial charge in [0, 0.05) is 10.0 Å². The fourth-order valence-corrected chi connectivity index (χ4v) is 2.08. The van der Waals surface area contributed by atoms with Crippen LogP contribution in [0.1, 0.15) is 12.0 Å². The van der Waals surface area contributed by atoms with E-state index >= 15 is 0 Å². The molecule has 0 saturated carbocycles. The third-order valence-corrected chi connectivity index (χ3v) is 3.31. The van der Waals surface area contributed by atoms with Gasteiger partial charge in [0.05, 0.1) is 27.8 Å². The molecule has 0 atom stereocenters. The summed E-state index contributed by atoms with van der Waals surface area (Å²) in [6.45, 7) is 0. The molecule has 1 aromatic rings. The summed E-state index contributed by atoms with van der Waals surface area (Å²) in [7, 11) is 4.18. The van der Waals surface area contributed by atoms with Gasteiger partial charge < -0.3 is 19.3 Å². The molecule has 1 rings (SSSR count). The molecule has 1 N–H and O–H groups in total. The monoisotopic (exact) mass is 358 g/mol. The number of hydrogen-bond donors (Lipinski definition) is 1. The molecular weight excluding hydrogens is 344 g/mol. The molecule has 0 aliphatic heterocycles. The molecule has 6 nitrogen and oxygen atoms in total. The average Bonchev–Trinajstić information content (AvgIpc) is 2.46. The minimum absolute atomic E-state index is 0.0259. The Morgan fingerprint density at radius 2 is 1.76 bits per heavy atom. The fraction of sp³-hybridized carbons (Fsp3) is 0.286. The van der Waals surface area contributed by atoms with Crippen molar-refractivity contribution in [1.29, 1.82) is 0 Å². The molecule has 0 aliphatic carbocycles. The Morgan fingerprint density at radius 3 is 2.24 bits per heavy atom. The van der Waals surface area contributed by atoms with E-state index in [2.05, 4.69) is 20.7 Å². The van der Waals surface area contributed by atoms with Crippen molar-refractivity contribution in [3.05, 3.63) is 27.7 Å². The average molecular weight is 359 g/mol. The number of carboxylic acid groups (broad SMARTS) is 1. The van der Waals surface area contributed by atoms with Gasteiger partial charge in [-0.25, -0.2) is 4.79 Å². The molecule has 0 unspecified atom stereocenters. The van der Waals surface area contributed by atoms with E-state index in [0.29, 0.717) is 21.5 Å². The SMILES string of the molecule is COC(=O)/C(=C\c1cc(OC)c(OC)cc1Br)CC(=O)O. The zero-order valence-electron chi connectivity index (χ0n) is 11.8. The van der Waals surface area contributed by atoms with Gasteiger partial charge in [0.15, 0.2) is 11.5 Å². The number of esters is 1. The minimum Gasteiger partial charge on any atom is -0.493 e. The highest BCUT2D eigenvalue weighted by atomic mass is 79.9. The molecular formula is C14H15BrO6. The van der Waals surface area contributed by atoms with E-state index in [1.807, 2.05) is 0 Å². The molecule has 0 spiro atoms. The number of ether oxygens (including phenoxy) is 3. The van der Waals surface area contributed by atoms with Crippen LogP contribution in [0.3, 0.4) is 0 Å². The highest BCUT2D eigenvalue weighted by molar-refractivity contribution is 9.10. The van der Waals surface area contributed by atoms with Crippen molar-refractivity contribution in [2.75, 3.05) is 21.3 Å². The van der Waals surface area contributed by atoms with E-state index in [1.165, 1.54) is 27.4 Å². The zero-order chi connectivity index (χ0) is 16.0. The first-order valence-corrected chi connectivity index (χ1v) is 6.64. The minimum atomic E-state index is -1.12. The van der Waals surface area contributed by atoms with Gasteiger partial charge in [0.25, 0.3) is 0 Å². The largest absolute Gasteiger partial charge is 0.493 e. The summed E-state index contributed by atoms with van der Waals surface area (Å²) in [5.41, 5.74) is 0.604. The standard InChI is InChI=1S/C14H15BrO6/c1-19-11-5-8(10(15)7-12(11)20-2)4-9(6-13(16)17)14(18)21-3/h4-5,7H,6H2,1-3H3,(H,16,17)/b9-4-. The number of carbonyl (C=O) groups excluding carboxylic acids is 1. The Kier molecular flexibility index (Phi) is 6.23. The van der Waals surface area contributed by atoms with E-state index in [0.717, 1.165) is 0 Å². The lowest BCUT2D eigenvalue weighted by molar-refractivity contribution is -0.141. The van der Waals surface area contributed by atoms with Gasteiger partial charge in [-0.3, -0.25) is 4.79 Å². The lowest BCUT2D eigenvalue weighted by Crippen LogP contribution is -2.09. The van der Waals surface area contributed by atoms with Gasteiger partial charge in [0.2, 0.25) is 0 Å². The molecule has 0 amide bonds. The maximum absolute atomic E-state index is 11.6. The number of rotatable bonds is 6. The number of methoxy groups -OCH3 is 3. The van der Waals surface area contributed by atoms with Crippen LogP contribution in [0.5, 0.6) is 11.5 Å². The first-order chi connectivity index (χ1) is 9.92. The molecule has 7 heteroatoms. The van der Waals surface area contributed by atoms with Gasteiger partial charge in [-0.05, 0) is 23.8 Å². The zero-order valence-corrected chi connectivity index (χ0v) is 13.4. The van der Waals surface area contributed by atoms with Crippen LogP contribution in [-0.2, 0) is 14.3 Å². The maximum Gasteiger partial charge on any atom is 0.334 e. The molecule has 0 aromatic heterocycles. The van der Waals surface area contributed by atoms with Crippen molar-refractivity contribution in [2.24, 2.45) is 0 Å². The van der Waals surface area contributed by atoms with Crippen molar-refractivity contribution in [3.8, 4) is 11.5 Å². The van der Waals surface area contributed by atoms with Crippen LogP contribution in [-0.4, -0.2) is 38.4 Å². The Balaban J connectivity index is 3.32. The number of benzene rings is 1. The van der Waals surface area contributed by atoms with Crippen molar-refractivity contribution < 1.29 is 28.9 Å². The molecule has 1 aromatic carbocycles. The summed E-state index contributed by atoms with van der Waals surface area (Å²) >= 11 is 3.34. The van der Waals surface area contributed by atoms with Gasteiger partial charge in [0.1, 0.15) is 0 Å². The van der Waals surface area contributed by atoms with Gasteiger partial charge in [-0.2, -0.15) is 0 Å². The normalized spacial score (nSPS) is 11.0. The van der Waals surface area contributed by atoms with E-state index in [-0.39, 0.29) is 5.57 Å². The highest BCUT2D eigenvalue weighted by Crippen LogP contribution is 2.34. The summed E-state index contributed by atoms with van der Waals surface area (Å²) in [4.78, 5) is 22.4. The summed E-state index contributed by atoms with van der Waals surface area (Å²) in [6.07, 6.45) is 0.999. The third kappa shape index (κ3) is 4.49. The second-order valence-electron chi connectivity index (χ2n) is 3.96. The molecule has 0 fully saturated rings. The maximum atomic E-state index is 11.6. The topological polar surface area (TPSA) is 82.1 Å². The van der Waals surface area contributed by atoms with E-state index in [9.17, 15) is 9.59 Å². The third-order valence-electron chi connectivity index (χ3n) is 2.62. The number of hydrogen-bond acceptors (Lipinski definition) is 5. The van der Waals surface area contributed by atoms with Gasteiger partial charge in [-0.15, -0.1) is 0 Å². The van der Waals surface area contributed by atoms with Crippen molar-refractivity contribution >= 4 is 33.9 Å². The van der Waals surface area contributed by atoms with Crippen LogP contribution in [0.25, 0.3) is 6.08 Å². The quantitative estimate of drug-likeness (QED) is 0.621. The van der Waals surface area contributed by atoms with E-state index in [4.69, 9.17) is 14.6 Å². The van der Waals surface area contributed by atoms with Gasteiger partial charge in [-0.1, -0.05) is 15.9 Å². The summed E-state index contributed by atoms with van der Waals surface area (Å²) in [6, 6.07) is 3.30. The summed E-state index contributed by atoms with van der Waals surface area (Å²) in [5.74, 6) is -0.840. The summed E-state index contributed by atoms with van der Waals surface area (Å²) in [5, 5.41) is 8.85. The Bertz CT molecular complexity index is 579. The highest BCUT2D eigenvalue weighted by Gasteiger charge is 2.16. The first kappa shape index (κ1) is 17.0. The van der Waals surface area contributed by atoms with Crippen molar-refractivity contribution in [1.82, 2.24) is 0 Å². The van der Waals surface area contributed by atoms with E-state index in [1.54, 1.807) is 12.1 Å².